The zero-order valence-electron chi connectivity index (χ0n) is 9.84. The van der Waals surface area contributed by atoms with Gasteiger partial charge >= 0.3 is 12.0 Å². The van der Waals surface area contributed by atoms with E-state index in [4.69, 9.17) is 5.11 Å². The maximum atomic E-state index is 12.3. The van der Waals surface area contributed by atoms with E-state index in [1.807, 2.05) is 0 Å². The van der Waals surface area contributed by atoms with Crippen molar-refractivity contribution in [2.24, 2.45) is 0 Å². The molecule has 1 atom stereocenters. The van der Waals surface area contributed by atoms with Gasteiger partial charge in [0.2, 0.25) is 0 Å². The number of urea groups is 1. The highest BCUT2D eigenvalue weighted by Gasteiger charge is 2.40. The smallest absolute Gasteiger partial charge is 0.326 e. The van der Waals surface area contributed by atoms with Gasteiger partial charge in [0.15, 0.2) is 0 Å². The summed E-state index contributed by atoms with van der Waals surface area (Å²) in [6, 6.07) is -0.499. The molecule has 5 heteroatoms. The number of carboxylic acids is 1. The molecule has 1 N–H and O–H groups in total. The maximum Gasteiger partial charge on any atom is 0.326 e. The average Bonchev–Trinajstić information content (AvgIpc) is 3.00. The second-order valence-corrected chi connectivity index (χ2v) is 4.64. The van der Waals surface area contributed by atoms with Crippen LogP contribution in [0.25, 0.3) is 0 Å². The number of carbonyl (C=O) groups is 2. The van der Waals surface area contributed by atoms with Gasteiger partial charge in [0, 0.05) is 19.1 Å². The molecule has 94 valence electrons. The van der Waals surface area contributed by atoms with Crippen molar-refractivity contribution in [1.82, 2.24) is 9.80 Å². The fraction of sp³-hybridized carbons (Fsp3) is 0.667. The summed E-state index contributed by atoms with van der Waals surface area (Å²) >= 11 is 0. The van der Waals surface area contributed by atoms with Crippen molar-refractivity contribution in [3.8, 4) is 0 Å². The average molecular weight is 238 g/mol. The van der Waals surface area contributed by atoms with E-state index in [2.05, 4.69) is 6.58 Å². The van der Waals surface area contributed by atoms with Crippen LogP contribution >= 0.6 is 0 Å². The summed E-state index contributed by atoms with van der Waals surface area (Å²) in [4.78, 5) is 26.6. The van der Waals surface area contributed by atoms with Gasteiger partial charge in [-0.15, -0.1) is 6.58 Å². The van der Waals surface area contributed by atoms with Gasteiger partial charge in [-0.05, 0) is 25.7 Å². The number of carbonyl (C=O) groups excluding carboxylic acids is 1. The zero-order valence-corrected chi connectivity index (χ0v) is 9.84. The largest absolute Gasteiger partial charge is 0.480 e. The molecular formula is C12H18N2O3. The minimum atomic E-state index is -0.898. The Labute approximate surface area is 101 Å². The third-order valence-corrected chi connectivity index (χ3v) is 3.34. The number of likely N-dealkylation sites (tertiary alicyclic amines) is 1. The Kier molecular flexibility index (Phi) is 3.36. The van der Waals surface area contributed by atoms with E-state index in [1.54, 1.807) is 11.0 Å². The number of carboxylic acid groups (broad SMARTS) is 1. The zero-order chi connectivity index (χ0) is 12.4. The number of hydrogen-bond acceptors (Lipinski definition) is 2. The van der Waals surface area contributed by atoms with Crippen LogP contribution in [0.4, 0.5) is 4.79 Å². The summed E-state index contributed by atoms with van der Waals surface area (Å²) in [7, 11) is 0. The highest BCUT2D eigenvalue weighted by Crippen LogP contribution is 2.29. The summed E-state index contributed by atoms with van der Waals surface area (Å²) < 4.78 is 0. The lowest BCUT2D eigenvalue weighted by Gasteiger charge is -2.29. The molecule has 2 fully saturated rings. The van der Waals surface area contributed by atoms with E-state index in [9.17, 15) is 9.59 Å². The Hall–Kier alpha value is -1.52. The number of hydrogen-bond donors (Lipinski definition) is 1. The quantitative estimate of drug-likeness (QED) is 0.751. The Bertz CT molecular complexity index is 339. The van der Waals surface area contributed by atoms with Crippen LogP contribution in [-0.2, 0) is 4.79 Å². The third kappa shape index (κ3) is 2.43. The number of amides is 2. The summed E-state index contributed by atoms with van der Waals surface area (Å²) in [5, 5.41) is 9.07. The molecule has 17 heavy (non-hydrogen) atoms. The van der Waals surface area contributed by atoms with Crippen LogP contribution in [0.15, 0.2) is 12.7 Å². The molecule has 0 bridgehead atoms. The Morgan fingerprint density at radius 2 is 2.12 bits per heavy atom. The lowest BCUT2D eigenvalue weighted by atomic mass is 10.2. The second-order valence-electron chi connectivity index (χ2n) is 4.64. The maximum absolute atomic E-state index is 12.3. The van der Waals surface area contributed by atoms with Crippen molar-refractivity contribution in [3.63, 3.8) is 0 Å². The predicted molar refractivity (Wildman–Crippen MR) is 62.7 cm³/mol. The van der Waals surface area contributed by atoms with Crippen LogP contribution in [0.1, 0.15) is 25.7 Å². The highest BCUT2D eigenvalue weighted by atomic mass is 16.4. The first kappa shape index (κ1) is 12.0. The Morgan fingerprint density at radius 3 is 2.65 bits per heavy atom. The molecule has 0 aromatic heterocycles. The fourth-order valence-electron chi connectivity index (χ4n) is 2.33. The monoisotopic (exact) mass is 238 g/mol. The lowest BCUT2D eigenvalue weighted by Crippen LogP contribution is -2.48. The van der Waals surface area contributed by atoms with Gasteiger partial charge in [-0.25, -0.2) is 9.59 Å². The van der Waals surface area contributed by atoms with Crippen molar-refractivity contribution >= 4 is 12.0 Å². The molecule has 2 rings (SSSR count). The number of aliphatic carboxylic acids is 1. The van der Waals surface area contributed by atoms with E-state index < -0.39 is 12.0 Å². The Morgan fingerprint density at radius 1 is 1.41 bits per heavy atom. The molecule has 0 aromatic rings. The molecule has 0 radical (unpaired) electrons. The molecule has 1 saturated heterocycles. The molecule has 5 nitrogen and oxygen atoms in total. The van der Waals surface area contributed by atoms with Gasteiger partial charge in [-0.2, -0.15) is 0 Å². The van der Waals surface area contributed by atoms with Gasteiger partial charge in [-0.3, -0.25) is 0 Å². The van der Waals surface area contributed by atoms with Crippen molar-refractivity contribution in [2.45, 2.75) is 37.8 Å². The van der Waals surface area contributed by atoms with Gasteiger partial charge < -0.3 is 14.9 Å². The normalized spacial score (nSPS) is 23.5. The Balaban J connectivity index is 2.06. The summed E-state index contributed by atoms with van der Waals surface area (Å²) in [5.41, 5.74) is 0. The van der Waals surface area contributed by atoms with Gasteiger partial charge in [0.25, 0.3) is 0 Å². The lowest BCUT2D eigenvalue weighted by molar-refractivity contribution is -0.141. The van der Waals surface area contributed by atoms with E-state index in [1.165, 1.54) is 4.90 Å². The molecule has 1 heterocycles. The minimum Gasteiger partial charge on any atom is -0.480 e. The molecule has 2 aliphatic rings. The van der Waals surface area contributed by atoms with Crippen LogP contribution in [0.2, 0.25) is 0 Å². The summed E-state index contributed by atoms with van der Waals surface area (Å²) in [6.07, 6.45) is 5.07. The van der Waals surface area contributed by atoms with Gasteiger partial charge in [0.05, 0.1) is 0 Å². The van der Waals surface area contributed by atoms with E-state index in [0.29, 0.717) is 19.5 Å². The van der Waals surface area contributed by atoms with E-state index in [-0.39, 0.29) is 12.1 Å². The fourth-order valence-corrected chi connectivity index (χ4v) is 2.33. The first-order valence-corrected chi connectivity index (χ1v) is 6.06. The molecule has 0 unspecified atom stereocenters. The number of rotatable bonds is 4. The standard InChI is InChI=1S/C12H18N2O3/c1-2-7-13(9-5-6-9)12(17)14-8-3-4-10(14)11(15)16/h2,9-10H,1,3-8H2,(H,15,16)/t10-/m1/s1. The van der Waals surface area contributed by atoms with Crippen molar-refractivity contribution in [2.75, 3.05) is 13.1 Å². The van der Waals surface area contributed by atoms with Crippen molar-refractivity contribution in [1.29, 1.82) is 0 Å². The predicted octanol–water partition coefficient (Wildman–Crippen LogP) is 1.31. The second kappa shape index (κ2) is 4.77. The van der Waals surface area contributed by atoms with Gasteiger partial charge in [-0.1, -0.05) is 6.08 Å². The topological polar surface area (TPSA) is 60.9 Å². The molecule has 1 aliphatic heterocycles. The van der Waals surface area contributed by atoms with Crippen LogP contribution < -0.4 is 0 Å². The summed E-state index contributed by atoms with van der Waals surface area (Å²) in [5.74, 6) is -0.898. The number of nitrogens with zero attached hydrogens (tertiary/aromatic N) is 2. The van der Waals surface area contributed by atoms with Crippen molar-refractivity contribution < 1.29 is 14.7 Å². The summed E-state index contributed by atoms with van der Waals surface area (Å²) in [6.45, 7) is 4.70. The third-order valence-electron chi connectivity index (χ3n) is 3.34. The van der Waals surface area contributed by atoms with Crippen LogP contribution in [-0.4, -0.2) is 52.1 Å². The van der Waals surface area contributed by atoms with Crippen LogP contribution in [0.3, 0.4) is 0 Å². The highest BCUT2D eigenvalue weighted by molar-refractivity contribution is 5.83. The van der Waals surface area contributed by atoms with Gasteiger partial charge in [0.1, 0.15) is 6.04 Å². The van der Waals surface area contributed by atoms with Crippen LogP contribution in [0, 0.1) is 0 Å². The molecule has 1 saturated carbocycles. The van der Waals surface area contributed by atoms with Crippen molar-refractivity contribution in [3.05, 3.63) is 12.7 Å². The first-order valence-electron chi connectivity index (χ1n) is 6.06. The first-order chi connectivity index (χ1) is 8.15. The SMILES string of the molecule is C=CCN(C(=O)N1CCC[C@@H]1C(=O)O)C1CC1. The van der Waals surface area contributed by atoms with Crippen LogP contribution in [0.5, 0.6) is 0 Å². The minimum absolute atomic E-state index is 0.141. The van der Waals surface area contributed by atoms with E-state index >= 15 is 0 Å². The molecule has 0 aromatic carbocycles. The van der Waals surface area contributed by atoms with E-state index in [0.717, 1.165) is 19.3 Å². The molecule has 1 aliphatic carbocycles. The molecular weight excluding hydrogens is 220 g/mol. The molecule has 0 spiro atoms. The molecule has 2 amide bonds.